The van der Waals surface area contributed by atoms with Crippen molar-refractivity contribution in [2.45, 2.75) is 31.6 Å². The van der Waals surface area contributed by atoms with E-state index < -0.39 is 20.4 Å². The second-order valence-electron chi connectivity index (χ2n) is 4.94. The molecule has 0 aromatic heterocycles. The van der Waals surface area contributed by atoms with Crippen LogP contribution in [0, 0.1) is 15.5 Å². The molecule has 0 amide bonds. The molecule has 1 aromatic rings. The number of hydrogen-bond donors (Lipinski definition) is 2. The van der Waals surface area contributed by atoms with E-state index in [1.54, 1.807) is 0 Å². The molecule has 2 N–H and O–H groups in total. The number of aliphatic hydroxyl groups excluding tert-OH is 1. The maximum absolute atomic E-state index is 12.1. The van der Waals surface area contributed by atoms with Crippen molar-refractivity contribution in [2.75, 3.05) is 13.2 Å². The Kier molecular flexibility index (Phi) is 5.82. The van der Waals surface area contributed by atoms with Gasteiger partial charge in [0.1, 0.15) is 0 Å². The second-order valence-corrected chi connectivity index (χ2v) is 6.71. The van der Waals surface area contributed by atoms with Crippen molar-refractivity contribution in [2.24, 2.45) is 5.41 Å². The summed E-state index contributed by atoms with van der Waals surface area (Å²) in [6.45, 7) is 3.79. The Morgan fingerprint density at radius 2 is 1.76 bits per heavy atom. The van der Waals surface area contributed by atoms with Crippen molar-refractivity contribution >= 4 is 15.7 Å². The molecule has 0 aliphatic carbocycles. The number of benzene rings is 1. The zero-order valence-corrected chi connectivity index (χ0v) is 12.9. The van der Waals surface area contributed by atoms with Gasteiger partial charge < -0.3 is 5.11 Å². The summed E-state index contributed by atoms with van der Waals surface area (Å²) in [6.07, 6.45) is 1.28. The summed E-state index contributed by atoms with van der Waals surface area (Å²) in [5.74, 6) is 0. The monoisotopic (exact) mass is 316 g/mol. The lowest BCUT2D eigenvalue weighted by Gasteiger charge is -2.29. The molecular formula is C13H20N2O5S. The molecule has 0 saturated carbocycles. The molecule has 0 fully saturated rings. The van der Waals surface area contributed by atoms with Crippen molar-refractivity contribution in [1.82, 2.24) is 4.72 Å². The van der Waals surface area contributed by atoms with E-state index in [9.17, 15) is 23.6 Å². The van der Waals surface area contributed by atoms with Gasteiger partial charge in [-0.25, -0.2) is 13.1 Å². The molecule has 0 heterocycles. The first-order valence-electron chi connectivity index (χ1n) is 6.65. The number of nitrogens with zero attached hydrogens (tertiary/aromatic N) is 1. The summed E-state index contributed by atoms with van der Waals surface area (Å²) in [5.41, 5.74) is -0.658. The van der Waals surface area contributed by atoms with Gasteiger partial charge in [-0.15, -0.1) is 0 Å². The quantitative estimate of drug-likeness (QED) is 0.560. The van der Waals surface area contributed by atoms with Crippen LogP contribution >= 0.6 is 0 Å². The van der Waals surface area contributed by atoms with E-state index in [1.165, 1.54) is 12.1 Å². The fourth-order valence-electron chi connectivity index (χ4n) is 1.86. The zero-order chi connectivity index (χ0) is 16.1. The molecule has 1 rings (SSSR count). The molecule has 7 nitrogen and oxygen atoms in total. The van der Waals surface area contributed by atoms with Crippen molar-refractivity contribution in [3.63, 3.8) is 0 Å². The molecule has 0 unspecified atom stereocenters. The molecule has 0 atom stereocenters. The lowest BCUT2D eigenvalue weighted by atomic mass is 9.84. The summed E-state index contributed by atoms with van der Waals surface area (Å²) in [7, 11) is -3.75. The molecule has 0 aliphatic rings. The van der Waals surface area contributed by atoms with E-state index in [2.05, 4.69) is 4.72 Å². The highest BCUT2D eigenvalue weighted by atomic mass is 32.2. The number of aliphatic hydroxyl groups is 1. The third kappa shape index (κ3) is 4.23. The van der Waals surface area contributed by atoms with Crippen LogP contribution < -0.4 is 4.72 Å². The predicted molar refractivity (Wildman–Crippen MR) is 78.4 cm³/mol. The average molecular weight is 316 g/mol. The van der Waals surface area contributed by atoms with Crippen LogP contribution in [0.2, 0.25) is 0 Å². The second kappa shape index (κ2) is 6.97. The van der Waals surface area contributed by atoms with Crippen LogP contribution in [-0.4, -0.2) is 31.6 Å². The van der Waals surface area contributed by atoms with E-state index in [4.69, 9.17) is 0 Å². The summed E-state index contributed by atoms with van der Waals surface area (Å²) in [6, 6.07) is 4.68. The highest BCUT2D eigenvalue weighted by molar-refractivity contribution is 7.89. The molecule has 0 aliphatic heterocycles. The molecule has 0 radical (unpaired) electrons. The van der Waals surface area contributed by atoms with Gasteiger partial charge in [0.25, 0.3) is 5.69 Å². The number of nitro benzene ring substituents is 1. The molecule has 0 bridgehead atoms. The van der Waals surface area contributed by atoms with E-state index >= 15 is 0 Å². The van der Waals surface area contributed by atoms with Crippen LogP contribution in [-0.2, 0) is 10.0 Å². The minimum atomic E-state index is -3.75. The van der Waals surface area contributed by atoms with Gasteiger partial charge in [-0.1, -0.05) is 13.8 Å². The minimum absolute atomic E-state index is 0.0351. The molecule has 0 spiro atoms. The van der Waals surface area contributed by atoms with Gasteiger partial charge in [0.15, 0.2) is 0 Å². The van der Waals surface area contributed by atoms with Crippen molar-refractivity contribution < 1.29 is 18.4 Å². The Hall–Kier alpha value is -1.51. The van der Waals surface area contributed by atoms with Crippen molar-refractivity contribution in [1.29, 1.82) is 0 Å². The maximum Gasteiger partial charge on any atom is 0.269 e. The maximum atomic E-state index is 12.1. The average Bonchev–Trinajstić information content (AvgIpc) is 2.49. The van der Waals surface area contributed by atoms with Crippen molar-refractivity contribution in [3.05, 3.63) is 34.4 Å². The molecule has 1 aromatic carbocycles. The topological polar surface area (TPSA) is 110 Å². The van der Waals surface area contributed by atoms with Crippen LogP contribution in [0.3, 0.4) is 0 Å². The SMILES string of the molecule is CCC(CC)(CO)CNS(=O)(=O)c1ccc([N+](=O)[O-])cc1. The predicted octanol–water partition coefficient (Wildman–Crippen LogP) is 1.67. The molecule has 0 saturated heterocycles. The smallest absolute Gasteiger partial charge is 0.269 e. The molecule has 8 heteroatoms. The number of nitro groups is 1. The number of nitrogens with one attached hydrogen (secondary N) is 1. The summed E-state index contributed by atoms with van der Waals surface area (Å²) >= 11 is 0. The molecule has 21 heavy (non-hydrogen) atoms. The van der Waals surface area contributed by atoms with Gasteiger partial charge in [-0.05, 0) is 25.0 Å². The number of hydrogen-bond acceptors (Lipinski definition) is 5. The number of sulfonamides is 1. The first-order valence-corrected chi connectivity index (χ1v) is 8.13. The van der Waals surface area contributed by atoms with Gasteiger partial charge in [0, 0.05) is 30.7 Å². The first-order chi connectivity index (χ1) is 9.80. The zero-order valence-electron chi connectivity index (χ0n) is 12.1. The normalized spacial score (nSPS) is 12.3. The van der Waals surface area contributed by atoms with E-state index in [1.807, 2.05) is 13.8 Å². The van der Waals surface area contributed by atoms with E-state index in [0.717, 1.165) is 12.1 Å². The Morgan fingerprint density at radius 3 is 2.14 bits per heavy atom. The van der Waals surface area contributed by atoms with Crippen LogP contribution in [0.15, 0.2) is 29.2 Å². The van der Waals surface area contributed by atoms with Crippen LogP contribution in [0.4, 0.5) is 5.69 Å². The number of non-ortho nitro benzene ring substituents is 1. The Bertz CT molecular complexity index is 571. The van der Waals surface area contributed by atoms with Gasteiger partial charge in [-0.2, -0.15) is 0 Å². The van der Waals surface area contributed by atoms with Crippen molar-refractivity contribution in [3.8, 4) is 0 Å². The van der Waals surface area contributed by atoms with E-state index in [0.29, 0.717) is 12.8 Å². The van der Waals surface area contributed by atoms with Crippen LogP contribution in [0.1, 0.15) is 26.7 Å². The lowest BCUT2D eigenvalue weighted by Crippen LogP contribution is -2.39. The standard InChI is InChI=1S/C13H20N2O5S/c1-3-13(4-2,10-16)9-14-21(19,20)12-7-5-11(6-8-12)15(17)18/h5-8,14,16H,3-4,9-10H2,1-2H3. The Balaban J connectivity index is 2.89. The minimum Gasteiger partial charge on any atom is -0.396 e. The fourth-order valence-corrected chi connectivity index (χ4v) is 3.02. The third-order valence-corrected chi connectivity index (χ3v) is 5.25. The molecule has 118 valence electrons. The summed E-state index contributed by atoms with van der Waals surface area (Å²) in [5, 5.41) is 20.0. The van der Waals surface area contributed by atoms with Gasteiger partial charge in [0.2, 0.25) is 10.0 Å². The largest absolute Gasteiger partial charge is 0.396 e. The van der Waals surface area contributed by atoms with Gasteiger partial charge in [-0.3, -0.25) is 10.1 Å². The van der Waals surface area contributed by atoms with E-state index in [-0.39, 0.29) is 23.7 Å². The third-order valence-electron chi connectivity index (χ3n) is 3.83. The Morgan fingerprint density at radius 1 is 1.24 bits per heavy atom. The van der Waals surface area contributed by atoms with Crippen LogP contribution in [0.25, 0.3) is 0 Å². The van der Waals surface area contributed by atoms with Gasteiger partial charge >= 0.3 is 0 Å². The van der Waals surface area contributed by atoms with Crippen LogP contribution in [0.5, 0.6) is 0 Å². The highest BCUT2D eigenvalue weighted by Gasteiger charge is 2.28. The summed E-state index contributed by atoms with van der Waals surface area (Å²) in [4.78, 5) is 9.92. The lowest BCUT2D eigenvalue weighted by molar-refractivity contribution is -0.384. The summed E-state index contributed by atoms with van der Waals surface area (Å²) < 4.78 is 26.8. The first kappa shape index (κ1) is 17.5. The van der Waals surface area contributed by atoms with Gasteiger partial charge in [0.05, 0.1) is 9.82 Å². The molecular weight excluding hydrogens is 296 g/mol. The Labute approximate surface area is 124 Å². The fraction of sp³-hybridized carbons (Fsp3) is 0.538. The highest BCUT2D eigenvalue weighted by Crippen LogP contribution is 2.25. The number of rotatable bonds is 8.